The molecule has 0 aliphatic heterocycles. The Morgan fingerprint density at radius 2 is 1.79 bits per heavy atom. The molecule has 0 amide bonds. The van der Waals surface area contributed by atoms with Gasteiger partial charge in [-0.05, 0) is 37.2 Å². The van der Waals surface area contributed by atoms with Crippen molar-refractivity contribution in [1.29, 1.82) is 0 Å². The van der Waals surface area contributed by atoms with Gasteiger partial charge in [0.1, 0.15) is 5.75 Å². The van der Waals surface area contributed by atoms with Gasteiger partial charge < -0.3 is 15.2 Å². The summed E-state index contributed by atoms with van der Waals surface area (Å²) in [6, 6.07) is 6.29. The molecule has 6 heteroatoms. The molecule has 110 valence electrons. The zero-order valence-electron chi connectivity index (χ0n) is 11.7. The summed E-state index contributed by atoms with van der Waals surface area (Å²) in [7, 11) is -1.55. The predicted molar refractivity (Wildman–Crippen MR) is 76.4 cm³/mol. The van der Waals surface area contributed by atoms with Gasteiger partial charge in [0.25, 0.3) is 0 Å². The van der Waals surface area contributed by atoms with Crippen LogP contribution in [0.5, 0.6) is 5.75 Å². The molecule has 0 saturated heterocycles. The van der Waals surface area contributed by atoms with E-state index in [0.717, 1.165) is 19.5 Å². The lowest BCUT2D eigenvalue weighted by Gasteiger charge is -2.00. The number of hydrogen-bond donors (Lipinski definition) is 2. The predicted octanol–water partition coefficient (Wildman–Crippen LogP) is 1.08. The number of methoxy groups -OCH3 is 1. The van der Waals surface area contributed by atoms with Crippen LogP contribution in [0.25, 0.3) is 0 Å². The Balaban J connectivity index is 0.000000399. The number of nitrogens with one attached hydrogen (secondary N) is 1. The van der Waals surface area contributed by atoms with E-state index < -0.39 is 9.84 Å². The molecule has 2 N–H and O–H groups in total. The Bertz CT molecular complexity index is 424. The van der Waals surface area contributed by atoms with E-state index in [-0.39, 0.29) is 6.61 Å². The molecule has 19 heavy (non-hydrogen) atoms. The lowest BCUT2D eigenvalue weighted by molar-refractivity contribution is 0.292. The zero-order valence-corrected chi connectivity index (χ0v) is 12.5. The number of sulfone groups is 1. The molecule has 0 spiro atoms. The maximum Gasteiger partial charge on any atom is 0.175 e. The number of rotatable bonds is 6. The van der Waals surface area contributed by atoms with Crippen LogP contribution in [0.1, 0.15) is 13.3 Å². The van der Waals surface area contributed by atoms with Crippen LogP contribution in [0.2, 0.25) is 0 Å². The van der Waals surface area contributed by atoms with Gasteiger partial charge in [-0.15, -0.1) is 0 Å². The van der Waals surface area contributed by atoms with Gasteiger partial charge in [-0.2, -0.15) is 0 Å². The molecule has 0 aliphatic rings. The molecule has 1 aromatic rings. The monoisotopic (exact) mass is 289 g/mol. The van der Waals surface area contributed by atoms with E-state index in [0.29, 0.717) is 10.6 Å². The molecule has 0 atom stereocenters. The molecule has 0 unspecified atom stereocenters. The summed E-state index contributed by atoms with van der Waals surface area (Å²) >= 11 is 0. The largest absolute Gasteiger partial charge is 0.497 e. The first-order valence-electron chi connectivity index (χ1n) is 6.11. The first-order chi connectivity index (χ1) is 8.95. The number of ether oxygens (including phenoxy) is 1. The van der Waals surface area contributed by atoms with Crippen molar-refractivity contribution in [2.24, 2.45) is 0 Å². The molecule has 0 radical (unpaired) electrons. The third kappa shape index (κ3) is 8.58. The molecule has 0 bridgehead atoms. The van der Waals surface area contributed by atoms with Crippen molar-refractivity contribution < 1.29 is 18.3 Å². The van der Waals surface area contributed by atoms with Crippen LogP contribution < -0.4 is 10.1 Å². The van der Waals surface area contributed by atoms with Crippen LogP contribution in [-0.2, 0) is 9.84 Å². The van der Waals surface area contributed by atoms with Gasteiger partial charge in [-0.1, -0.05) is 6.92 Å². The summed E-state index contributed by atoms with van der Waals surface area (Å²) in [6.45, 7) is 4.10. The molecule has 1 rings (SSSR count). The standard InChI is InChI=1S/C8H10O3S.C5H13NO/c1-11-7-3-5-8(6-4-7)12(2,9)10;1-2-3-6-4-5-7/h3-6H,1-2H3;6-7H,2-5H2,1H3. The number of aliphatic hydroxyl groups is 1. The summed E-state index contributed by atoms with van der Waals surface area (Å²) < 4.78 is 26.9. The number of aliphatic hydroxyl groups excluding tert-OH is 1. The van der Waals surface area contributed by atoms with E-state index in [9.17, 15) is 8.42 Å². The van der Waals surface area contributed by atoms with Gasteiger partial charge in [-0.25, -0.2) is 8.42 Å². The van der Waals surface area contributed by atoms with E-state index in [1.807, 2.05) is 0 Å². The third-order valence-corrected chi connectivity index (χ3v) is 3.33. The molecule has 0 aromatic heterocycles. The van der Waals surface area contributed by atoms with Crippen molar-refractivity contribution in [3.8, 4) is 5.75 Å². The summed E-state index contributed by atoms with van der Waals surface area (Å²) in [4.78, 5) is 0.309. The molecule has 5 nitrogen and oxygen atoms in total. The summed E-state index contributed by atoms with van der Waals surface area (Å²) in [5, 5.41) is 11.3. The number of hydrogen-bond acceptors (Lipinski definition) is 5. The Morgan fingerprint density at radius 1 is 1.21 bits per heavy atom. The molecule has 0 fully saturated rings. The SMILES string of the molecule is CCCNCCO.COc1ccc(S(C)(=O)=O)cc1. The van der Waals surface area contributed by atoms with Crippen molar-refractivity contribution in [3.05, 3.63) is 24.3 Å². The summed E-state index contributed by atoms with van der Waals surface area (Å²) in [5.74, 6) is 0.655. The average Bonchev–Trinajstić information content (AvgIpc) is 2.39. The van der Waals surface area contributed by atoms with E-state index in [1.54, 1.807) is 12.1 Å². The molecule has 0 heterocycles. The van der Waals surface area contributed by atoms with E-state index in [2.05, 4.69) is 12.2 Å². The Morgan fingerprint density at radius 3 is 2.16 bits per heavy atom. The summed E-state index contributed by atoms with van der Waals surface area (Å²) in [5.41, 5.74) is 0. The Labute approximate surface area is 115 Å². The second kappa shape index (κ2) is 9.77. The second-order valence-corrected chi connectivity index (χ2v) is 5.94. The van der Waals surface area contributed by atoms with Crippen LogP contribution in [0.15, 0.2) is 29.2 Å². The van der Waals surface area contributed by atoms with Gasteiger partial charge in [0, 0.05) is 12.8 Å². The van der Waals surface area contributed by atoms with Crippen molar-refractivity contribution in [2.75, 3.05) is 33.1 Å². The fourth-order valence-electron chi connectivity index (χ4n) is 1.20. The highest BCUT2D eigenvalue weighted by Gasteiger charge is 2.05. The van der Waals surface area contributed by atoms with Gasteiger partial charge in [0.05, 0.1) is 18.6 Å². The third-order valence-electron chi connectivity index (χ3n) is 2.20. The zero-order chi connectivity index (χ0) is 14.7. The Hall–Kier alpha value is -1.11. The quantitative estimate of drug-likeness (QED) is 0.766. The smallest absolute Gasteiger partial charge is 0.175 e. The first-order valence-corrected chi connectivity index (χ1v) is 8.00. The van der Waals surface area contributed by atoms with Crippen LogP contribution in [0.3, 0.4) is 0 Å². The highest BCUT2D eigenvalue weighted by molar-refractivity contribution is 7.90. The molecular formula is C13H23NO4S. The minimum atomic E-state index is -3.08. The van der Waals surface area contributed by atoms with Crippen molar-refractivity contribution in [1.82, 2.24) is 5.32 Å². The fraction of sp³-hybridized carbons (Fsp3) is 0.538. The maximum absolute atomic E-state index is 11.0. The fourth-order valence-corrected chi connectivity index (χ4v) is 1.83. The first kappa shape index (κ1) is 17.9. The lowest BCUT2D eigenvalue weighted by atomic mass is 10.3. The van der Waals surface area contributed by atoms with E-state index >= 15 is 0 Å². The Kier molecular flexibility index (Phi) is 9.20. The van der Waals surface area contributed by atoms with Crippen LogP contribution in [-0.4, -0.2) is 46.6 Å². The van der Waals surface area contributed by atoms with Crippen molar-refractivity contribution in [2.45, 2.75) is 18.2 Å². The molecule has 0 aliphatic carbocycles. The normalized spacial score (nSPS) is 10.5. The van der Waals surface area contributed by atoms with E-state index in [1.165, 1.54) is 25.5 Å². The lowest BCUT2D eigenvalue weighted by Crippen LogP contribution is -2.18. The second-order valence-electron chi connectivity index (χ2n) is 3.92. The minimum Gasteiger partial charge on any atom is -0.497 e. The molecule has 1 aromatic carbocycles. The van der Waals surface area contributed by atoms with Gasteiger partial charge in [-0.3, -0.25) is 0 Å². The van der Waals surface area contributed by atoms with E-state index in [4.69, 9.17) is 9.84 Å². The minimum absolute atomic E-state index is 0.250. The highest BCUT2D eigenvalue weighted by atomic mass is 32.2. The van der Waals surface area contributed by atoms with Gasteiger partial charge >= 0.3 is 0 Å². The van der Waals surface area contributed by atoms with Gasteiger partial charge in [0.2, 0.25) is 0 Å². The highest BCUT2D eigenvalue weighted by Crippen LogP contribution is 2.14. The molecule has 0 saturated carbocycles. The van der Waals surface area contributed by atoms with Gasteiger partial charge in [0.15, 0.2) is 9.84 Å². The summed E-state index contributed by atoms with van der Waals surface area (Å²) in [6.07, 6.45) is 2.31. The number of benzene rings is 1. The topological polar surface area (TPSA) is 75.6 Å². The van der Waals surface area contributed by atoms with Crippen molar-refractivity contribution in [3.63, 3.8) is 0 Å². The van der Waals surface area contributed by atoms with Crippen LogP contribution >= 0.6 is 0 Å². The van der Waals surface area contributed by atoms with Crippen LogP contribution in [0.4, 0.5) is 0 Å². The molecular weight excluding hydrogens is 266 g/mol. The van der Waals surface area contributed by atoms with Crippen molar-refractivity contribution >= 4 is 9.84 Å². The average molecular weight is 289 g/mol. The van der Waals surface area contributed by atoms with Crippen LogP contribution in [0, 0.1) is 0 Å². The maximum atomic E-state index is 11.0.